The monoisotopic (exact) mass is 425 g/mol. The lowest BCUT2D eigenvalue weighted by molar-refractivity contribution is 0.602. The summed E-state index contributed by atoms with van der Waals surface area (Å²) in [4.78, 5) is 4.47. The van der Waals surface area contributed by atoms with Gasteiger partial charge in [-0.3, -0.25) is 4.99 Å². The Balaban J connectivity index is 0.00000400. The number of benzene rings is 1. The minimum atomic E-state index is -3.13. The number of nitrogens with one attached hydrogen (secondary N) is 2. The first kappa shape index (κ1) is 20.2. The molecule has 1 rings (SSSR count). The second kappa shape index (κ2) is 9.24. The van der Waals surface area contributed by atoms with Crippen LogP contribution >= 0.6 is 24.0 Å². The number of halogens is 1. The Morgan fingerprint density at radius 3 is 2.19 bits per heavy atom. The van der Waals surface area contributed by atoms with Crippen LogP contribution in [-0.4, -0.2) is 34.2 Å². The number of aliphatic imine (C=N–C) groups is 1. The average Bonchev–Trinajstić information content (AvgIpc) is 2.38. The Hall–Kier alpha value is -0.830. The van der Waals surface area contributed by atoms with Gasteiger partial charge in [-0.05, 0) is 23.6 Å². The molecule has 0 aromatic heterocycles. The summed E-state index contributed by atoms with van der Waals surface area (Å²) < 4.78 is 22.7. The molecule has 0 bridgehead atoms. The summed E-state index contributed by atoms with van der Waals surface area (Å²) in [7, 11) is -1.41. The van der Waals surface area contributed by atoms with Crippen LogP contribution in [0.4, 0.5) is 0 Å². The highest BCUT2D eigenvalue weighted by molar-refractivity contribution is 14.0. The second-order valence-electron chi connectivity index (χ2n) is 5.12. The third kappa shape index (κ3) is 7.66. The van der Waals surface area contributed by atoms with Crippen LogP contribution in [0.5, 0.6) is 0 Å². The van der Waals surface area contributed by atoms with Crippen molar-refractivity contribution in [1.82, 2.24) is 10.6 Å². The molecule has 21 heavy (non-hydrogen) atoms. The number of rotatable bonds is 5. The lowest BCUT2D eigenvalue weighted by Crippen LogP contribution is -2.38. The highest BCUT2D eigenvalue weighted by atomic mass is 127. The Kier molecular flexibility index (Phi) is 8.88. The van der Waals surface area contributed by atoms with Gasteiger partial charge in [0.1, 0.15) is 0 Å². The molecule has 0 radical (unpaired) electrons. The third-order valence-electron chi connectivity index (χ3n) is 2.71. The highest BCUT2D eigenvalue weighted by Gasteiger charge is 2.06. The van der Waals surface area contributed by atoms with E-state index in [-0.39, 0.29) is 24.0 Å². The zero-order valence-electron chi connectivity index (χ0n) is 12.9. The van der Waals surface area contributed by atoms with Crippen molar-refractivity contribution in [1.29, 1.82) is 0 Å². The van der Waals surface area contributed by atoms with E-state index < -0.39 is 9.84 Å². The zero-order valence-corrected chi connectivity index (χ0v) is 16.0. The van der Waals surface area contributed by atoms with Crippen molar-refractivity contribution in [2.24, 2.45) is 10.9 Å². The molecule has 1 aromatic rings. The number of guanidine groups is 1. The summed E-state index contributed by atoms with van der Waals surface area (Å²) in [6.07, 6.45) is 1.21. The molecule has 0 unspecified atom stereocenters. The molecule has 0 atom stereocenters. The molecule has 0 amide bonds. The van der Waals surface area contributed by atoms with Gasteiger partial charge in [0.2, 0.25) is 0 Å². The van der Waals surface area contributed by atoms with Crippen LogP contribution < -0.4 is 10.6 Å². The number of hydrogen-bond donors (Lipinski definition) is 2. The molecule has 1 aromatic carbocycles. The van der Waals surface area contributed by atoms with E-state index in [2.05, 4.69) is 29.5 Å². The molecule has 0 aliphatic carbocycles. The van der Waals surface area contributed by atoms with Crippen LogP contribution in [0, 0.1) is 5.92 Å². The van der Waals surface area contributed by atoms with Gasteiger partial charge in [0.25, 0.3) is 0 Å². The van der Waals surface area contributed by atoms with E-state index in [1.54, 1.807) is 31.3 Å². The first-order valence-corrected chi connectivity index (χ1v) is 8.45. The molecule has 2 N–H and O–H groups in total. The summed E-state index contributed by atoms with van der Waals surface area (Å²) in [6.45, 7) is 5.71. The van der Waals surface area contributed by atoms with Crippen molar-refractivity contribution < 1.29 is 8.42 Å². The van der Waals surface area contributed by atoms with Gasteiger partial charge in [-0.25, -0.2) is 8.42 Å². The molecule has 0 spiro atoms. The maximum atomic E-state index is 11.4. The topological polar surface area (TPSA) is 70.6 Å². The predicted octanol–water partition coefficient (Wildman–Crippen LogP) is 2.03. The normalized spacial score (nSPS) is 12.0. The van der Waals surface area contributed by atoms with Crippen molar-refractivity contribution in [3.8, 4) is 0 Å². The number of nitrogens with zero attached hydrogens (tertiary/aromatic N) is 1. The molecule has 0 saturated heterocycles. The van der Waals surface area contributed by atoms with E-state index in [1.165, 1.54) is 6.26 Å². The van der Waals surface area contributed by atoms with E-state index in [0.717, 1.165) is 18.1 Å². The highest BCUT2D eigenvalue weighted by Crippen LogP contribution is 2.10. The van der Waals surface area contributed by atoms with E-state index in [9.17, 15) is 8.42 Å². The van der Waals surface area contributed by atoms with Gasteiger partial charge in [0.05, 0.1) is 4.90 Å². The Bertz CT molecular complexity index is 554. The minimum Gasteiger partial charge on any atom is -0.356 e. The van der Waals surface area contributed by atoms with Crippen molar-refractivity contribution in [3.05, 3.63) is 29.8 Å². The molecule has 0 fully saturated rings. The lowest BCUT2D eigenvalue weighted by atomic mass is 10.2. The fraction of sp³-hybridized carbons (Fsp3) is 0.500. The van der Waals surface area contributed by atoms with Crippen molar-refractivity contribution in [3.63, 3.8) is 0 Å². The number of hydrogen-bond acceptors (Lipinski definition) is 3. The smallest absolute Gasteiger partial charge is 0.191 e. The van der Waals surface area contributed by atoms with Crippen LogP contribution in [-0.2, 0) is 16.4 Å². The van der Waals surface area contributed by atoms with Gasteiger partial charge in [-0.15, -0.1) is 24.0 Å². The van der Waals surface area contributed by atoms with Gasteiger partial charge in [-0.1, -0.05) is 26.0 Å². The molecule has 5 nitrogen and oxygen atoms in total. The zero-order chi connectivity index (χ0) is 15.2. The Morgan fingerprint density at radius 2 is 1.76 bits per heavy atom. The molecular formula is C14H24IN3O2S. The minimum absolute atomic E-state index is 0. The SMILES string of the molecule is CN=C(NCc1ccc(S(C)(=O)=O)cc1)NCC(C)C.I. The Labute approximate surface area is 144 Å². The third-order valence-corrected chi connectivity index (χ3v) is 3.84. The largest absolute Gasteiger partial charge is 0.356 e. The first-order chi connectivity index (χ1) is 9.32. The first-order valence-electron chi connectivity index (χ1n) is 6.56. The molecule has 0 heterocycles. The molecule has 7 heteroatoms. The van der Waals surface area contributed by atoms with Crippen molar-refractivity contribution in [2.75, 3.05) is 19.8 Å². The van der Waals surface area contributed by atoms with E-state index >= 15 is 0 Å². The van der Waals surface area contributed by atoms with Crippen LogP contribution in [0.15, 0.2) is 34.2 Å². The fourth-order valence-corrected chi connectivity index (χ4v) is 2.19. The summed E-state index contributed by atoms with van der Waals surface area (Å²) in [5.41, 5.74) is 1.00. The van der Waals surface area contributed by atoms with Gasteiger partial charge < -0.3 is 10.6 Å². The van der Waals surface area contributed by atoms with Crippen molar-refractivity contribution >= 4 is 39.8 Å². The van der Waals surface area contributed by atoms with E-state index in [4.69, 9.17) is 0 Å². The summed E-state index contributed by atoms with van der Waals surface area (Å²) >= 11 is 0. The second-order valence-corrected chi connectivity index (χ2v) is 7.13. The molecular weight excluding hydrogens is 401 g/mol. The van der Waals surface area contributed by atoms with Gasteiger partial charge in [-0.2, -0.15) is 0 Å². The van der Waals surface area contributed by atoms with Gasteiger partial charge in [0, 0.05) is 26.4 Å². The molecule has 0 aliphatic heterocycles. The van der Waals surface area contributed by atoms with Crippen LogP contribution in [0.25, 0.3) is 0 Å². The van der Waals surface area contributed by atoms with Crippen LogP contribution in [0.1, 0.15) is 19.4 Å². The Morgan fingerprint density at radius 1 is 1.19 bits per heavy atom. The summed E-state index contributed by atoms with van der Waals surface area (Å²) in [6, 6.07) is 6.85. The fourth-order valence-electron chi connectivity index (χ4n) is 1.56. The maximum Gasteiger partial charge on any atom is 0.191 e. The number of sulfone groups is 1. The van der Waals surface area contributed by atoms with E-state index in [1.807, 2.05) is 0 Å². The van der Waals surface area contributed by atoms with E-state index in [0.29, 0.717) is 17.4 Å². The average molecular weight is 425 g/mol. The predicted molar refractivity (Wildman–Crippen MR) is 98.0 cm³/mol. The molecule has 120 valence electrons. The lowest BCUT2D eigenvalue weighted by Gasteiger charge is -2.13. The molecule has 0 saturated carbocycles. The standard InChI is InChI=1S/C14H23N3O2S.HI/c1-11(2)9-16-14(15-3)17-10-12-5-7-13(8-6-12)20(4,18)19;/h5-8,11H,9-10H2,1-4H3,(H2,15,16,17);1H. The van der Waals surface area contributed by atoms with Gasteiger partial charge >= 0.3 is 0 Å². The quantitative estimate of drug-likeness (QED) is 0.430. The van der Waals surface area contributed by atoms with Crippen molar-refractivity contribution in [2.45, 2.75) is 25.3 Å². The van der Waals surface area contributed by atoms with Gasteiger partial charge in [0.15, 0.2) is 15.8 Å². The summed E-state index contributed by atoms with van der Waals surface area (Å²) in [5, 5.41) is 6.41. The van der Waals surface area contributed by atoms with Crippen LogP contribution in [0.3, 0.4) is 0 Å². The molecule has 0 aliphatic rings. The van der Waals surface area contributed by atoms with Crippen LogP contribution in [0.2, 0.25) is 0 Å². The summed E-state index contributed by atoms with van der Waals surface area (Å²) in [5.74, 6) is 1.29. The maximum absolute atomic E-state index is 11.4.